The molecule has 1 saturated heterocycles. The first kappa shape index (κ1) is 20.6. The van der Waals surface area contributed by atoms with E-state index in [4.69, 9.17) is 21.1 Å². The maximum Gasteiger partial charge on any atom is 0.339 e. The fourth-order valence-electron chi connectivity index (χ4n) is 3.03. The molecule has 3 rings (SSSR count). The first-order valence-electron chi connectivity index (χ1n) is 9.14. The topological polar surface area (TPSA) is 72.9 Å². The maximum atomic E-state index is 12.9. The SMILES string of the molecule is O=C(OCCOc1ccccc1Cl)c1ccccc1S(=O)(=O)N1CCCCC1. The molecule has 0 saturated carbocycles. The van der Waals surface area contributed by atoms with Gasteiger partial charge in [0.25, 0.3) is 0 Å². The van der Waals surface area contributed by atoms with Crippen LogP contribution in [0, 0.1) is 0 Å². The lowest BCUT2D eigenvalue weighted by Crippen LogP contribution is -2.36. The molecular formula is C20H22ClNO5S. The van der Waals surface area contributed by atoms with Gasteiger partial charge in [0, 0.05) is 13.1 Å². The minimum absolute atomic E-state index is 0.0195. The Hall–Kier alpha value is -2.09. The average Bonchev–Trinajstić information content (AvgIpc) is 2.73. The lowest BCUT2D eigenvalue weighted by molar-refractivity contribution is 0.0446. The van der Waals surface area contributed by atoms with Gasteiger partial charge < -0.3 is 9.47 Å². The van der Waals surface area contributed by atoms with Crippen LogP contribution in [-0.4, -0.2) is 45.0 Å². The molecule has 150 valence electrons. The third-order valence-corrected chi connectivity index (χ3v) is 6.72. The monoisotopic (exact) mass is 423 g/mol. The highest BCUT2D eigenvalue weighted by atomic mass is 35.5. The number of halogens is 1. The Labute approximate surface area is 170 Å². The van der Waals surface area contributed by atoms with Gasteiger partial charge in [-0.25, -0.2) is 13.2 Å². The van der Waals surface area contributed by atoms with Crippen molar-refractivity contribution in [1.29, 1.82) is 0 Å². The molecule has 2 aromatic rings. The smallest absolute Gasteiger partial charge is 0.339 e. The Morgan fingerprint density at radius 3 is 2.39 bits per heavy atom. The second-order valence-electron chi connectivity index (χ2n) is 6.38. The van der Waals surface area contributed by atoms with Crippen molar-refractivity contribution < 1.29 is 22.7 Å². The van der Waals surface area contributed by atoms with Gasteiger partial charge in [-0.2, -0.15) is 4.31 Å². The molecule has 1 aliphatic rings. The van der Waals surface area contributed by atoms with E-state index in [2.05, 4.69) is 0 Å². The molecule has 0 spiro atoms. The zero-order chi connectivity index (χ0) is 20.0. The van der Waals surface area contributed by atoms with E-state index < -0.39 is 16.0 Å². The summed E-state index contributed by atoms with van der Waals surface area (Å²) in [5.74, 6) is -0.202. The number of carbonyl (C=O) groups is 1. The Morgan fingerprint density at radius 1 is 0.964 bits per heavy atom. The van der Waals surface area contributed by atoms with Gasteiger partial charge in [-0.3, -0.25) is 0 Å². The van der Waals surface area contributed by atoms with Crippen molar-refractivity contribution in [1.82, 2.24) is 4.31 Å². The highest BCUT2D eigenvalue weighted by molar-refractivity contribution is 7.89. The number of hydrogen-bond donors (Lipinski definition) is 0. The Kier molecular flexibility index (Phi) is 6.93. The summed E-state index contributed by atoms with van der Waals surface area (Å²) in [6.45, 7) is 1.02. The number of carbonyl (C=O) groups excluding carboxylic acids is 1. The van der Waals surface area contributed by atoms with Crippen LogP contribution >= 0.6 is 11.6 Å². The third-order valence-electron chi connectivity index (χ3n) is 4.45. The van der Waals surface area contributed by atoms with Crippen LogP contribution in [0.15, 0.2) is 53.4 Å². The lowest BCUT2D eigenvalue weighted by atomic mass is 10.2. The lowest BCUT2D eigenvalue weighted by Gasteiger charge is -2.26. The first-order chi connectivity index (χ1) is 13.5. The quantitative estimate of drug-likeness (QED) is 0.501. The predicted octanol–water partition coefficient (Wildman–Crippen LogP) is 3.75. The van der Waals surface area contributed by atoms with E-state index >= 15 is 0 Å². The molecule has 0 N–H and O–H groups in total. The van der Waals surface area contributed by atoms with Crippen molar-refractivity contribution in [3.05, 3.63) is 59.1 Å². The van der Waals surface area contributed by atoms with Crippen molar-refractivity contribution in [3.63, 3.8) is 0 Å². The Bertz CT molecular complexity index is 926. The normalized spacial score (nSPS) is 15.2. The van der Waals surface area contributed by atoms with Crippen molar-refractivity contribution in [2.75, 3.05) is 26.3 Å². The van der Waals surface area contributed by atoms with E-state index in [-0.39, 0.29) is 23.7 Å². The molecule has 0 amide bonds. The van der Waals surface area contributed by atoms with E-state index in [0.29, 0.717) is 23.9 Å². The standard InChI is InChI=1S/C20H22ClNO5S/c21-17-9-3-4-10-18(17)26-14-15-27-20(23)16-8-2-5-11-19(16)28(24,25)22-12-6-1-7-13-22/h2-5,8-11H,1,6-7,12-15H2. The summed E-state index contributed by atoms with van der Waals surface area (Å²) in [6.07, 6.45) is 2.66. The molecule has 28 heavy (non-hydrogen) atoms. The van der Waals surface area contributed by atoms with Gasteiger partial charge in [0.1, 0.15) is 19.0 Å². The van der Waals surface area contributed by atoms with Crippen LogP contribution in [-0.2, 0) is 14.8 Å². The number of hydrogen-bond acceptors (Lipinski definition) is 5. The average molecular weight is 424 g/mol. The molecule has 0 radical (unpaired) electrons. The zero-order valence-corrected chi connectivity index (χ0v) is 16.9. The molecule has 1 aliphatic heterocycles. The summed E-state index contributed by atoms with van der Waals surface area (Å²) in [6, 6.07) is 13.1. The number of sulfonamides is 1. The largest absolute Gasteiger partial charge is 0.488 e. The number of piperidine rings is 1. The number of nitrogens with zero attached hydrogens (tertiary/aromatic N) is 1. The zero-order valence-electron chi connectivity index (χ0n) is 15.3. The molecule has 1 heterocycles. The van der Waals surface area contributed by atoms with Crippen molar-refractivity contribution in [3.8, 4) is 5.75 Å². The van der Waals surface area contributed by atoms with Crippen LogP contribution in [0.1, 0.15) is 29.6 Å². The van der Waals surface area contributed by atoms with E-state index in [1.54, 1.807) is 36.4 Å². The number of ether oxygens (including phenoxy) is 2. The van der Waals surface area contributed by atoms with Gasteiger partial charge in [0.15, 0.2) is 0 Å². The minimum atomic E-state index is -3.73. The van der Waals surface area contributed by atoms with Crippen LogP contribution in [0.25, 0.3) is 0 Å². The van der Waals surface area contributed by atoms with Gasteiger partial charge in [0.05, 0.1) is 15.5 Å². The van der Waals surface area contributed by atoms with Gasteiger partial charge in [-0.1, -0.05) is 42.3 Å². The molecule has 0 aromatic heterocycles. The summed E-state index contributed by atoms with van der Waals surface area (Å²) in [7, 11) is -3.73. The molecule has 0 atom stereocenters. The summed E-state index contributed by atoms with van der Waals surface area (Å²) < 4.78 is 38.0. The van der Waals surface area contributed by atoms with E-state index in [1.165, 1.54) is 16.4 Å². The molecule has 1 fully saturated rings. The fraction of sp³-hybridized carbons (Fsp3) is 0.350. The fourth-order valence-corrected chi connectivity index (χ4v) is 4.92. The number of rotatable bonds is 7. The molecule has 0 bridgehead atoms. The predicted molar refractivity (Wildman–Crippen MR) is 106 cm³/mol. The number of para-hydroxylation sites is 1. The van der Waals surface area contributed by atoms with Gasteiger partial charge in [0.2, 0.25) is 10.0 Å². The van der Waals surface area contributed by atoms with E-state index in [0.717, 1.165) is 19.3 Å². The molecule has 2 aromatic carbocycles. The molecular weight excluding hydrogens is 402 g/mol. The van der Waals surface area contributed by atoms with Crippen LogP contribution in [0.3, 0.4) is 0 Å². The Morgan fingerprint density at radius 2 is 1.64 bits per heavy atom. The third kappa shape index (κ3) is 4.84. The summed E-state index contributed by atoms with van der Waals surface area (Å²) in [4.78, 5) is 12.5. The Balaban J connectivity index is 1.65. The highest BCUT2D eigenvalue weighted by Gasteiger charge is 2.30. The summed E-state index contributed by atoms with van der Waals surface area (Å²) in [5.41, 5.74) is 0.0332. The van der Waals surface area contributed by atoms with E-state index in [1.807, 2.05) is 0 Å². The van der Waals surface area contributed by atoms with Crippen LogP contribution in [0.4, 0.5) is 0 Å². The van der Waals surface area contributed by atoms with E-state index in [9.17, 15) is 13.2 Å². The van der Waals surface area contributed by atoms with Crippen LogP contribution in [0.5, 0.6) is 5.75 Å². The number of benzene rings is 2. The van der Waals surface area contributed by atoms with Crippen LogP contribution < -0.4 is 4.74 Å². The first-order valence-corrected chi connectivity index (χ1v) is 11.0. The minimum Gasteiger partial charge on any atom is -0.488 e. The van der Waals surface area contributed by atoms with Crippen molar-refractivity contribution in [2.24, 2.45) is 0 Å². The highest BCUT2D eigenvalue weighted by Crippen LogP contribution is 2.25. The van der Waals surface area contributed by atoms with Gasteiger partial charge in [-0.05, 0) is 37.1 Å². The van der Waals surface area contributed by atoms with Crippen LogP contribution in [0.2, 0.25) is 5.02 Å². The summed E-state index contributed by atoms with van der Waals surface area (Å²) in [5, 5.41) is 0.465. The number of esters is 1. The molecule has 0 unspecified atom stereocenters. The van der Waals surface area contributed by atoms with Crippen molar-refractivity contribution in [2.45, 2.75) is 24.2 Å². The van der Waals surface area contributed by atoms with Crippen molar-refractivity contribution >= 4 is 27.6 Å². The maximum absolute atomic E-state index is 12.9. The molecule has 0 aliphatic carbocycles. The molecule has 8 heteroatoms. The van der Waals surface area contributed by atoms with Gasteiger partial charge in [-0.15, -0.1) is 0 Å². The van der Waals surface area contributed by atoms with Gasteiger partial charge >= 0.3 is 5.97 Å². The second-order valence-corrected chi connectivity index (χ2v) is 8.69. The molecule has 6 nitrogen and oxygen atoms in total. The second kappa shape index (κ2) is 9.41. The summed E-state index contributed by atoms with van der Waals surface area (Å²) >= 11 is 6.00.